The Kier molecular flexibility index (Phi) is 8.15. The first-order chi connectivity index (χ1) is 12.0. The van der Waals surface area contributed by atoms with E-state index < -0.39 is 64.5 Å². The molecule has 0 N–H and O–H groups in total. The van der Waals surface area contributed by atoms with Crippen LogP contribution in [0, 0.1) is 0 Å². The van der Waals surface area contributed by atoms with Gasteiger partial charge >= 0.3 is 23.9 Å². The van der Waals surface area contributed by atoms with E-state index in [-0.39, 0.29) is 6.61 Å². The van der Waals surface area contributed by atoms with Crippen LogP contribution < -0.4 is 0 Å². The Bertz CT molecular complexity index is 589. The van der Waals surface area contributed by atoms with Gasteiger partial charge in [-0.1, -0.05) is 0 Å². The van der Waals surface area contributed by atoms with Gasteiger partial charge in [0.05, 0.1) is 10.8 Å². The normalized spacial score (nSPS) is 29.2. The second kappa shape index (κ2) is 9.62. The highest BCUT2D eigenvalue weighted by molar-refractivity contribution is 7.84. The largest absolute Gasteiger partial charge is 0.463 e. The Labute approximate surface area is 152 Å². The van der Waals surface area contributed by atoms with Crippen molar-refractivity contribution in [2.45, 2.75) is 57.5 Å². The summed E-state index contributed by atoms with van der Waals surface area (Å²) < 4.78 is 38.1. The van der Waals surface area contributed by atoms with Crippen molar-refractivity contribution in [3.63, 3.8) is 0 Å². The molecule has 0 aromatic heterocycles. The number of carbonyl (C=O) groups excluding carboxylic acids is 4. The van der Waals surface area contributed by atoms with Gasteiger partial charge in [-0.2, -0.15) is 0 Å². The second-order valence-corrected chi connectivity index (χ2v) is 7.03. The lowest BCUT2D eigenvalue weighted by Crippen LogP contribution is -2.63. The highest BCUT2D eigenvalue weighted by Crippen LogP contribution is 2.30. The molecule has 26 heavy (non-hydrogen) atoms. The molecule has 0 bridgehead atoms. The van der Waals surface area contributed by atoms with E-state index in [4.69, 9.17) is 23.7 Å². The molecule has 0 amide bonds. The molecule has 0 aromatic rings. The minimum atomic E-state index is -1.67. The molecule has 1 aliphatic heterocycles. The molecule has 11 heteroatoms. The van der Waals surface area contributed by atoms with Crippen LogP contribution in [0.1, 0.15) is 27.7 Å². The van der Waals surface area contributed by atoms with Gasteiger partial charge in [-0.3, -0.25) is 23.4 Å². The number of hydrogen-bond acceptors (Lipinski definition) is 10. The zero-order chi connectivity index (χ0) is 20.0. The average Bonchev–Trinajstić information content (AvgIpc) is 2.47. The van der Waals surface area contributed by atoms with E-state index in [2.05, 4.69) is 0 Å². The zero-order valence-electron chi connectivity index (χ0n) is 15.1. The fraction of sp³-hybridized carbons (Fsp3) is 0.733. The quantitative estimate of drug-likeness (QED) is 0.427. The van der Waals surface area contributed by atoms with Gasteiger partial charge in [-0.25, -0.2) is 0 Å². The molecule has 0 radical (unpaired) electrons. The number of esters is 4. The number of carbonyl (C=O) groups is 4. The lowest BCUT2D eigenvalue weighted by molar-refractivity contribution is -0.238. The van der Waals surface area contributed by atoms with Crippen LogP contribution in [-0.4, -0.2) is 70.8 Å². The second-order valence-electron chi connectivity index (χ2n) is 5.57. The van der Waals surface area contributed by atoms with Gasteiger partial charge in [-0.15, -0.1) is 0 Å². The molecule has 1 heterocycles. The third-order valence-corrected chi connectivity index (χ3v) is 4.31. The highest BCUT2D eigenvalue weighted by Gasteiger charge is 2.53. The first-order valence-electron chi connectivity index (χ1n) is 7.65. The first kappa shape index (κ1) is 22.0. The van der Waals surface area contributed by atoms with E-state index in [9.17, 15) is 23.4 Å². The summed E-state index contributed by atoms with van der Waals surface area (Å²) in [6.45, 7) is 4.19. The molecular weight excluding hydrogens is 372 g/mol. The lowest BCUT2D eigenvalue weighted by atomic mass is 9.99. The summed E-state index contributed by atoms with van der Waals surface area (Å²) in [7, 11) is -1.67. The maximum atomic E-state index is 12.1. The minimum Gasteiger partial charge on any atom is -0.463 e. The van der Waals surface area contributed by atoms with E-state index in [0.717, 1.165) is 20.8 Å². The molecular formula is C15H22O10S. The lowest BCUT2D eigenvalue weighted by Gasteiger charge is -2.43. The zero-order valence-corrected chi connectivity index (χ0v) is 15.9. The third kappa shape index (κ3) is 6.37. The maximum Gasteiger partial charge on any atom is 0.303 e. The van der Waals surface area contributed by atoms with Crippen molar-refractivity contribution in [1.82, 2.24) is 0 Å². The molecule has 1 rings (SSSR count). The minimum absolute atomic E-state index is 0.342. The van der Waals surface area contributed by atoms with Crippen molar-refractivity contribution in [2.24, 2.45) is 0 Å². The van der Waals surface area contributed by atoms with Gasteiger partial charge in [0.25, 0.3) is 0 Å². The summed E-state index contributed by atoms with van der Waals surface area (Å²) in [4.78, 5) is 45.5. The molecule has 1 unspecified atom stereocenters. The van der Waals surface area contributed by atoms with Crippen LogP contribution in [0.2, 0.25) is 0 Å². The van der Waals surface area contributed by atoms with Crippen LogP contribution in [0.25, 0.3) is 0 Å². The summed E-state index contributed by atoms with van der Waals surface area (Å²) in [6.07, 6.45) is -3.57. The molecule has 1 saturated heterocycles. The highest BCUT2D eigenvalue weighted by atomic mass is 32.2. The number of rotatable bonds is 6. The standard InChI is InChI=1S/C15H22O10S/c1-7(16)21-6-11-12(22-8(2)17)13(23-9(3)18)14(24-10(4)19)15(25-11)26(5)20/h11-15H,6H2,1-5H3/t11-,12-,13+,14-,15+,26?/m1/s1. The molecule has 0 aliphatic carbocycles. The van der Waals surface area contributed by atoms with Crippen LogP contribution in [0.15, 0.2) is 0 Å². The van der Waals surface area contributed by atoms with Crippen molar-refractivity contribution in [3.05, 3.63) is 0 Å². The smallest absolute Gasteiger partial charge is 0.303 e. The van der Waals surface area contributed by atoms with Gasteiger partial charge in [0.1, 0.15) is 12.7 Å². The summed E-state index contributed by atoms with van der Waals surface area (Å²) in [5.41, 5.74) is -1.18. The van der Waals surface area contributed by atoms with Gasteiger partial charge in [-0.05, 0) is 0 Å². The van der Waals surface area contributed by atoms with Crippen molar-refractivity contribution in [1.29, 1.82) is 0 Å². The Balaban J connectivity index is 3.29. The maximum absolute atomic E-state index is 12.1. The summed E-state index contributed by atoms with van der Waals surface area (Å²) in [5, 5.41) is 0. The Morgan fingerprint density at radius 3 is 1.69 bits per heavy atom. The van der Waals surface area contributed by atoms with E-state index in [1.165, 1.54) is 13.2 Å². The van der Waals surface area contributed by atoms with Crippen molar-refractivity contribution < 1.29 is 47.1 Å². The summed E-state index contributed by atoms with van der Waals surface area (Å²) in [6, 6.07) is 0. The molecule has 0 aromatic carbocycles. The number of ether oxygens (including phenoxy) is 5. The molecule has 6 atom stereocenters. The topological polar surface area (TPSA) is 132 Å². The Hall–Kier alpha value is -2.01. The molecule has 0 saturated carbocycles. The Morgan fingerprint density at radius 1 is 0.808 bits per heavy atom. The van der Waals surface area contributed by atoms with E-state index in [1.54, 1.807) is 0 Å². The first-order valence-corrected chi connectivity index (χ1v) is 9.27. The molecule has 1 aliphatic rings. The van der Waals surface area contributed by atoms with Gasteiger partial charge in [0.2, 0.25) is 0 Å². The van der Waals surface area contributed by atoms with Gasteiger partial charge < -0.3 is 23.7 Å². The summed E-state index contributed by atoms with van der Waals surface area (Å²) >= 11 is 0. The van der Waals surface area contributed by atoms with Crippen LogP contribution in [0.3, 0.4) is 0 Å². The van der Waals surface area contributed by atoms with Crippen LogP contribution in [-0.2, 0) is 53.7 Å². The van der Waals surface area contributed by atoms with Crippen LogP contribution >= 0.6 is 0 Å². The molecule has 0 spiro atoms. The molecule has 10 nitrogen and oxygen atoms in total. The predicted octanol–water partition coefficient (Wildman–Crippen LogP) is -0.552. The molecule has 148 valence electrons. The van der Waals surface area contributed by atoms with Crippen molar-refractivity contribution >= 4 is 34.7 Å². The summed E-state index contributed by atoms with van der Waals surface area (Å²) in [5.74, 6) is -2.80. The van der Waals surface area contributed by atoms with E-state index in [1.807, 2.05) is 0 Å². The van der Waals surface area contributed by atoms with Crippen molar-refractivity contribution in [3.8, 4) is 0 Å². The van der Waals surface area contributed by atoms with E-state index in [0.29, 0.717) is 0 Å². The average molecular weight is 394 g/mol. The fourth-order valence-corrected chi connectivity index (χ4v) is 3.34. The monoisotopic (exact) mass is 394 g/mol. The number of hydrogen-bond donors (Lipinski definition) is 0. The third-order valence-electron chi connectivity index (χ3n) is 3.28. The Morgan fingerprint density at radius 2 is 1.27 bits per heavy atom. The van der Waals surface area contributed by atoms with E-state index >= 15 is 0 Å². The SMILES string of the molecule is CC(=O)OC[C@H]1O[C@@H](S(C)=O)[C@H](OC(C)=O)[C@@H](OC(C)=O)[C@@H]1OC(C)=O. The van der Waals surface area contributed by atoms with Crippen molar-refractivity contribution in [2.75, 3.05) is 12.9 Å². The van der Waals surface area contributed by atoms with Gasteiger partial charge in [0, 0.05) is 34.0 Å². The predicted molar refractivity (Wildman–Crippen MR) is 86.0 cm³/mol. The molecule has 1 fully saturated rings. The van der Waals surface area contributed by atoms with Crippen LogP contribution in [0.4, 0.5) is 0 Å². The van der Waals surface area contributed by atoms with Crippen LogP contribution in [0.5, 0.6) is 0 Å². The fourth-order valence-electron chi connectivity index (χ4n) is 2.46. The van der Waals surface area contributed by atoms with Gasteiger partial charge in [0.15, 0.2) is 23.7 Å².